The van der Waals surface area contributed by atoms with Gasteiger partial charge in [0.1, 0.15) is 5.82 Å². The maximum Gasteiger partial charge on any atom is 0.125 e. The van der Waals surface area contributed by atoms with E-state index < -0.39 is 0 Å². The Morgan fingerprint density at radius 2 is 2.05 bits per heavy atom. The molecule has 0 amide bonds. The summed E-state index contributed by atoms with van der Waals surface area (Å²) in [5, 5.41) is 8.09. The van der Waals surface area contributed by atoms with Crippen LogP contribution in [0.3, 0.4) is 0 Å². The molecule has 1 atom stereocenters. The molecule has 108 valence electrons. The zero-order chi connectivity index (χ0) is 14.7. The Kier molecular flexibility index (Phi) is 4.49. The molecule has 0 aromatic carbocycles. The van der Waals surface area contributed by atoms with Crippen LogP contribution in [0.4, 0.5) is 0 Å². The molecule has 5 nitrogen and oxygen atoms in total. The van der Waals surface area contributed by atoms with Crippen molar-refractivity contribution >= 4 is 0 Å². The molecule has 2 aromatic heterocycles. The van der Waals surface area contributed by atoms with Crippen molar-refractivity contribution < 1.29 is 0 Å². The van der Waals surface area contributed by atoms with Gasteiger partial charge in [-0.3, -0.25) is 4.68 Å². The van der Waals surface area contributed by atoms with Gasteiger partial charge in [-0.05, 0) is 40.7 Å². The highest BCUT2D eigenvalue weighted by Gasteiger charge is 2.16. The summed E-state index contributed by atoms with van der Waals surface area (Å²) >= 11 is 0. The predicted octanol–water partition coefficient (Wildman–Crippen LogP) is 2.47. The molecule has 2 rings (SSSR count). The van der Waals surface area contributed by atoms with Crippen molar-refractivity contribution in [3.05, 3.63) is 40.7 Å². The first kappa shape index (κ1) is 14.7. The fraction of sp³-hybridized carbons (Fsp3) is 0.533. The van der Waals surface area contributed by atoms with Crippen LogP contribution >= 0.6 is 0 Å². The maximum absolute atomic E-state index is 4.57. The smallest absolute Gasteiger partial charge is 0.125 e. The van der Waals surface area contributed by atoms with E-state index >= 15 is 0 Å². The van der Waals surface area contributed by atoms with Crippen LogP contribution in [0.15, 0.2) is 12.3 Å². The van der Waals surface area contributed by atoms with E-state index in [1.807, 2.05) is 13.0 Å². The first-order chi connectivity index (χ1) is 9.52. The number of nitrogens with one attached hydrogen (secondary N) is 1. The largest absolute Gasteiger partial charge is 0.304 e. The molecular formula is C15H23N5. The molecule has 5 heteroatoms. The van der Waals surface area contributed by atoms with E-state index in [4.69, 9.17) is 0 Å². The Morgan fingerprint density at radius 1 is 1.30 bits per heavy atom. The van der Waals surface area contributed by atoms with Crippen molar-refractivity contribution in [1.82, 2.24) is 25.1 Å². The summed E-state index contributed by atoms with van der Waals surface area (Å²) in [7, 11) is 0. The van der Waals surface area contributed by atoms with E-state index in [2.05, 4.69) is 52.8 Å². The van der Waals surface area contributed by atoms with Crippen molar-refractivity contribution in [3.8, 4) is 0 Å². The minimum atomic E-state index is 0.255. The number of aryl methyl sites for hydroxylation is 3. The van der Waals surface area contributed by atoms with Gasteiger partial charge in [-0.2, -0.15) is 5.10 Å². The molecule has 0 saturated carbocycles. The van der Waals surface area contributed by atoms with Crippen LogP contribution in [0.25, 0.3) is 0 Å². The third kappa shape index (κ3) is 3.04. The first-order valence-electron chi connectivity index (χ1n) is 7.08. The maximum atomic E-state index is 4.57. The molecule has 0 aliphatic heterocycles. The highest BCUT2D eigenvalue weighted by molar-refractivity contribution is 5.27. The van der Waals surface area contributed by atoms with Crippen LogP contribution in [0.2, 0.25) is 0 Å². The van der Waals surface area contributed by atoms with Gasteiger partial charge in [-0.25, -0.2) is 9.97 Å². The third-order valence-corrected chi connectivity index (χ3v) is 3.59. The summed E-state index contributed by atoms with van der Waals surface area (Å²) in [4.78, 5) is 8.53. The summed E-state index contributed by atoms with van der Waals surface area (Å²) in [5.41, 5.74) is 4.65. The zero-order valence-corrected chi connectivity index (χ0v) is 12.9. The number of hydrogen-bond donors (Lipinski definition) is 1. The van der Waals surface area contributed by atoms with E-state index in [1.165, 1.54) is 11.3 Å². The molecule has 0 aliphatic carbocycles. The van der Waals surface area contributed by atoms with Crippen LogP contribution in [0, 0.1) is 20.8 Å². The Balaban J connectivity index is 2.09. The predicted molar refractivity (Wildman–Crippen MR) is 79.4 cm³/mol. The Morgan fingerprint density at radius 3 is 2.65 bits per heavy atom. The molecule has 20 heavy (non-hydrogen) atoms. The van der Waals surface area contributed by atoms with Crippen molar-refractivity contribution in [2.24, 2.45) is 0 Å². The van der Waals surface area contributed by atoms with E-state index in [-0.39, 0.29) is 6.04 Å². The molecule has 1 N–H and O–H groups in total. The van der Waals surface area contributed by atoms with Crippen LogP contribution < -0.4 is 5.32 Å². The number of nitrogens with zero attached hydrogens (tertiary/aromatic N) is 4. The van der Waals surface area contributed by atoms with Gasteiger partial charge in [-0.15, -0.1) is 0 Å². The molecule has 0 radical (unpaired) electrons. The molecule has 0 spiro atoms. The van der Waals surface area contributed by atoms with Crippen LogP contribution in [-0.2, 0) is 13.1 Å². The molecular weight excluding hydrogens is 250 g/mol. The minimum absolute atomic E-state index is 0.255. The van der Waals surface area contributed by atoms with Crippen LogP contribution in [0.5, 0.6) is 0 Å². The molecule has 1 unspecified atom stereocenters. The van der Waals surface area contributed by atoms with E-state index in [0.717, 1.165) is 30.3 Å². The molecule has 2 aromatic rings. The monoisotopic (exact) mass is 273 g/mol. The lowest BCUT2D eigenvalue weighted by Gasteiger charge is -2.14. The van der Waals surface area contributed by atoms with Crippen molar-refractivity contribution in [3.63, 3.8) is 0 Å². The minimum Gasteiger partial charge on any atom is -0.304 e. The van der Waals surface area contributed by atoms with Crippen LogP contribution in [0.1, 0.15) is 48.4 Å². The van der Waals surface area contributed by atoms with E-state index in [1.54, 1.807) is 6.20 Å². The standard InChI is InChI=1S/C15H23N5/c1-6-20-12(4)15(11(3)19-20)10(2)17-9-14-7-8-16-13(5)18-14/h7-8,10,17H,6,9H2,1-5H3. The van der Waals surface area contributed by atoms with E-state index in [9.17, 15) is 0 Å². The molecule has 0 fully saturated rings. The Hall–Kier alpha value is -1.75. The summed E-state index contributed by atoms with van der Waals surface area (Å²) < 4.78 is 2.05. The third-order valence-electron chi connectivity index (χ3n) is 3.59. The number of hydrogen-bond acceptors (Lipinski definition) is 4. The van der Waals surface area contributed by atoms with Crippen LogP contribution in [-0.4, -0.2) is 19.7 Å². The SMILES string of the molecule is CCn1nc(C)c(C(C)NCc2ccnc(C)n2)c1C. The number of rotatable bonds is 5. The summed E-state index contributed by atoms with van der Waals surface area (Å²) in [6.07, 6.45) is 1.80. The van der Waals surface area contributed by atoms with Gasteiger partial charge in [0.25, 0.3) is 0 Å². The van der Waals surface area contributed by atoms with Gasteiger partial charge in [0, 0.05) is 36.6 Å². The Bertz CT molecular complexity index is 588. The first-order valence-corrected chi connectivity index (χ1v) is 7.08. The fourth-order valence-electron chi connectivity index (χ4n) is 2.61. The second-order valence-corrected chi connectivity index (χ2v) is 5.10. The second kappa shape index (κ2) is 6.13. The topological polar surface area (TPSA) is 55.6 Å². The molecule has 0 bridgehead atoms. The second-order valence-electron chi connectivity index (χ2n) is 5.10. The van der Waals surface area contributed by atoms with Crippen molar-refractivity contribution in [2.45, 2.75) is 53.8 Å². The van der Waals surface area contributed by atoms with Crippen molar-refractivity contribution in [1.29, 1.82) is 0 Å². The summed E-state index contributed by atoms with van der Waals surface area (Å²) in [6.45, 7) is 12.0. The van der Waals surface area contributed by atoms with E-state index in [0.29, 0.717) is 0 Å². The molecule has 0 aliphatic rings. The average Bonchev–Trinajstić information content (AvgIpc) is 2.71. The molecule has 0 saturated heterocycles. The van der Waals surface area contributed by atoms with Gasteiger partial charge in [0.15, 0.2) is 0 Å². The Labute approximate surface area is 120 Å². The summed E-state index contributed by atoms with van der Waals surface area (Å²) in [5.74, 6) is 0.808. The highest BCUT2D eigenvalue weighted by atomic mass is 15.3. The van der Waals surface area contributed by atoms with Crippen molar-refractivity contribution in [2.75, 3.05) is 0 Å². The van der Waals surface area contributed by atoms with Gasteiger partial charge in [0.2, 0.25) is 0 Å². The lowest BCUT2D eigenvalue weighted by atomic mass is 10.1. The highest BCUT2D eigenvalue weighted by Crippen LogP contribution is 2.21. The van der Waals surface area contributed by atoms with Gasteiger partial charge in [-0.1, -0.05) is 0 Å². The lowest BCUT2D eigenvalue weighted by Crippen LogP contribution is -2.20. The normalized spacial score (nSPS) is 12.7. The quantitative estimate of drug-likeness (QED) is 0.909. The molecule has 2 heterocycles. The lowest BCUT2D eigenvalue weighted by molar-refractivity contribution is 0.558. The van der Waals surface area contributed by atoms with Gasteiger partial charge < -0.3 is 5.32 Å². The van der Waals surface area contributed by atoms with Gasteiger partial charge >= 0.3 is 0 Å². The van der Waals surface area contributed by atoms with Gasteiger partial charge in [0.05, 0.1) is 11.4 Å². The average molecular weight is 273 g/mol. The number of aromatic nitrogens is 4. The summed E-state index contributed by atoms with van der Waals surface area (Å²) in [6, 6.07) is 2.20. The fourth-order valence-corrected chi connectivity index (χ4v) is 2.61. The zero-order valence-electron chi connectivity index (χ0n) is 12.9.